The van der Waals surface area contributed by atoms with Crippen molar-refractivity contribution in [2.24, 2.45) is 0 Å². The van der Waals surface area contributed by atoms with Gasteiger partial charge in [0.25, 0.3) is 5.82 Å². The van der Waals surface area contributed by atoms with E-state index in [0.29, 0.717) is 0 Å². The van der Waals surface area contributed by atoms with Crippen molar-refractivity contribution in [2.75, 3.05) is 0 Å². The first-order valence-corrected chi connectivity index (χ1v) is 17.5. The van der Waals surface area contributed by atoms with Crippen LogP contribution in [0.15, 0.2) is 42.7 Å². The molecule has 1 aromatic carbocycles. The summed E-state index contributed by atoms with van der Waals surface area (Å²) in [5.41, 5.74) is 1.41. The Morgan fingerprint density at radius 1 is 0.513 bits per heavy atom. The molecule has 0 aliphatic heterocycles. The van der Waals surface area contributed by atoms with Gasteiger partial charge in [-0.3, -0.25) is 0 Å². The average Bonchev–Trinajstić information content (AvgIpc) is 3.33. The second-order valence-electron chi connectivity index (χ2n) is 12.2. The fourth-order valence-electron chi connectivity index (χ4n) is 5.98. The van der Waals surface area contributed by atoms with E-state index in [1.807, 2.05) is 0 Å². The second kappa shape index (κ2) is 24.2. The molecule has 2 rings (SSSR count). The van der Waals surface area contributed by atoms with Crippen molar-refractivity contribution in [3.05, 3.63) is 54.1 Å². The molecule has 0 bridgehead atoms. The Morgan fingerprint density at radius 2 is 0.949 bits per heavy atom. The topological polar surface area (TPSA) is 8.81 Å². The number of nitrogens with zero attached hydrogens (tertiary/aromatic N) is 2. The van der Waals surface area contributed by atoms with Crippen LogP contribution in [0.5, 0.6) is 0 Å². The third kappa shape index (κ3) is 17.0. The molecule has 2 aromatic rings. The summed E-state index contributed by atoms with van der Waals surface area (Å²) < 4.78 is 5.10. The molecule has 39 heavy (non-hydrogen) atoms. The maximum Gasteiger partial charge on any atom is 0.256 e. The van der Waals surface area contributed by atoms with Crippen LogP contribution in [-0.4, -0.2) is 4.57 Å². The van der Waals surface area contributed by atoms with Gasteiger partial charge in [0.05, 0.1) is 6.54 Å². The molecule has 2 nitrogen and oxygen atoms in total. The van der Waals surface area contributed by atoms with Crippen LogP contribution in [0.25, 0.3) is 0 Å². The van der Waals surface area contributed by atoms with Crippen LogP contribution in [0.1, 0.15) is 173 Å². The van der Waals surface area contributed by atoms with E-state index in [1.165, 1.54) is 172 Å². The van der Waals surface area contributed by atoms with Crippen LogP contribution in [0.3, 0.4) is 0 Å². The van der Waals surface area contributed by atoms with E-state index < -0.39 is 0 Å². The smallest absolute Gasteiger partial charge is 0.234 e. The number of unbranched alkanes of at least 4 members (excludes halogenated alkanes) is 21. The van der Waals surface area contributed by atoms with Crippen molar-refractivity contribution in [1.82, 2.24) is 4.57 Å². The van der Waals surface area contributed by atoms with Crippen LogP contribution < -0.4 is 4.57 Å². The van der Waals surface area contributed by atoms with Crippen LogP contribution >= 0.6 is 0 Å². The van der Waals surface area contributed by atoms with E-state index in [2.05, 4.69) is 65.7 Å². The number of aromatic nitrogens is 2. The minimum Gasteiger partial charge on any atom is -0.234 e. The Kier molecular flexibility index (Phi) is 20.9. The maximum atomic E-state index is 2.58. The molecule has 1 aromatic heterocycles. The van der Waals surface area contributed by atoms with Crippen molar-refractivity contribution in [3.63, 3.8) is 0 Å². The van der Waals surface area contributed by atoms with Gasteiger partial charge < -0.3 is 0 Å². The molecular weight excluding hydrogens is 472 g/mol. The second-order valence-corrected chi connectivity index (χ2v) is 12.2. The van der Waals surface area contributed by atoms with Gasteiger partial charge in [0, 0.05) is 6.42 Å². The first-order chi connectivity index (χ1) is 19.3. The van der Waals surface area contributed by atoms with Crippen molar-refractivity contribution < 1.29 is 4.57 Å². The van der Waals surface area contributed by atoms with E-state index >= 15 is 0 Å². The molecule has 1 heterocycles. The van der Waals surface area contributed by atoms with E-state index in [9.17, 15) is 0 Å². The van der Waals surface area contributed by atoms with Crippen molar-refractivity contribution in [1.29, 1.82) is 0 Å². The van der Waals surface area contributed by atoms with Crippen molar-refractivity contribution in [2.45, 2.75) is 181 Å². The predicted octanol–water partition coefficient (Wildman–Crippen LogP) is 11.4. The number of hydrogen-bond acceptors (Lipinski definition) is 0. The quantitative estimate of drug-likeness (QED) is 0.0791. The minimum atomic E-state index is 1.000. The largest absolute Gasteiger partial charge is 0.256 e. The molecule has 0 aliphatic carbocycles. The highest BCUT2D eigenvalue weighted by molar-refractivity contribution is 5.13. The Morgan fingerprint density at radius 3 is 1.44 bits per heavy atom. The number of rotatable bonds is 27. The lowest BCUT2D eigenvalue weighted by Gasteiger charge is -2.07. The number of imidazole rings is 1. The SMILES string of the molecule is CCCCCCCCCCCCCCn1cc[n+](Cc2ccccc2)c1CCCCCCCCCCCCC. The lowest BCUT2D eigenvalue weighted by Crippen LogP contribution is -2.37. The number of benzene rings is 1. The highest BCUT2D eigenvalue weighted by Crippen LogP contribution is 2.15. The fourth-order valence-corrected chi connectivity index (χ4v) is 5.98. The standard InChI is InChI=1S/C37H65N2/c1-3-5-7-9-11-13-15-17-19-21-23-28-32-38-33-34-39(35-36-29-25-24-26-30-36)37(38)31-27-22-20-18-16-14-12-10-8-6-4-2/h24-26,29-30,33-34H,3-23,27-28,31-32,35H2,1-2H3/q+1. The Bertz CT molecular complexity index is 778. The van der Waals surface area contributed by atoms with Gasteiger partial charge in [-0.1, -0.05) is 173 Å². The molecule has 0 amide bonds. The molecule has 0 spiro atoms. The lowest BCUT2D eigenvalue weighted by atomic mass is 10.0. The zero-order valence-electron chi connectivity index (χ0n) is 26.3. The molecule has 0 saturated carbocycles. The van der Waals surface area contributed by atoms with Gasteiger partial charge in [-0.2, -0.15) is 0 Å². The minimum absolute atomic E-state index is 1.000. The highest BCUT2D eigenvalue weighted by Gasteiger charge is 2.17. The molecule has 0 N–H and O–H groups in total. The summed E-state index contributed by atoms with van der Waals surface area (Å²) in [6, 6.07) is 11.0. The van der Waals surface area contributed by atoms with Crippen LogP contribution in [-0.2, 0) is 19.5 Å². The van der Waals surface area contributed by atoms with E-state index in [0.717, 1.165) is 6.54 Å². The summed E-state index contributed by atoms with van der Waals surface area (Å²) >= 11 is 0. The number of hydrogen-bond donors (Lipinski definition) is 0. The predicted molar refractivity (Wildman–Crippen MR) is 171 cm³/mol. The Labute approximate surface area is 244 Å². The van der Waals surface area contributed by atoms with Crippen molar-refractivity contribution >= 4 is 0 Å². The molecule has 0 radical (unpaired) electrons. The highest BCUT2D eigenvalue weighted by atomic mass is 15.1. The van der Waals surface area contributed by atoms with Gasteiger partial charge in [0.1, 0.15) is 18.9 Å². The van der Waals surface area contributed by atoms with Gasteiger partial charge >= 0.3 is 0 Å². The van der Waals surface area contributed by atoms with E-state index in [1.54, 1.807) is 0 Å². The monoisotopic (exact) mass is 538 g/mol. The van der Waals surface area contributed by atoms with Crippen LogP contribution in [0.2, 0.25) is 0 Å². The van der Waals surface area contributed by atoms with Gasteiger partial charge in [0.2, 0.25) is 0 Å². The lowest BCUT2D eigenvalue weighted by molar-refractivity contribution is -0.695. The summed E-state index contributed by atoms with van der Waals surface area (Å²) in [6.07, 6.45) is 38.5. The zero-order chi connectivity index (χ0) is 27.6. The molecule has 0 fully saturated rings. The number of aryl methyl sites for hydroxylation is 1. The summed E-state index contributed by atoms with van der Waals surface area (Å²) in [7, 11) is 0. The molecule has 0 unspecified atom stereocenters. The molecule has 2 heteroatoms. The Balaban J connectivity index is 1.65. The normalized spacial score (nSPS) is 11.4. The van der Waals surface area contributed by atoms with Crippen LogP contribution in [0, 0.1) is 0 Å². The van der Waals surface area contributed by atoms with Crippen LogP contribution in [0.4, 0.5) is 0 Å². The molecular formula is C37H65N2+. The van der Waals surface area contributed by atoms with E-state index in [4.69, 9.17) is 0 Å². The summed E-state index contributed by atoms with van der Waals surface area (Å²) in [5, 5.41) is 0. The third-order valence-electron chi connectivity index (χ3n) is 8.54. The third-order valence-corrected chi connectivity index (χ3v) is 8.54. The molecule has 0 atom stereocenters. The zero-order valence-corrected chi connectivity index (χ0v) is 26.3. The molecule has 0 saturated heterocycles. The average molecular weight is 538 g/mol. The van der Waals surface area contributed by atoms with E-state index in [-0.39, 0.29) is 0 Å². The molecule has 0 aliphatic rings. The van der Waals surface area contributed by atoms with Gasteiger partial charge in [-0.05, 0) is 24.8 Å². The van der Waals surface area contributed by atoms with Gasteiger partial charge in [-0.15, -0.1) is 0 Å². The van der Waals surface area contributed by atoms with Gasteiger partial charge in [-0.25, -0.2) is 9.13 Å². The first kappa shape index (κ1) is 33.6. The fraction of sp³-hybridized carbons (Fsp3) is 0.757. The summed E-state index contributed by atoms with van der Waals surface area (Å²) in [5.74, 6) is 1.54. The maximum absolute atomic E-state index is 2.58. The Hall–Kier alpha value is -1.57. The van der Waals surface area contributed by atoms with Gasteiger partial charge in [0.15, 0.2) is 0 Å². The first-order valence-electron chi connectivity index (χ1n) is 17.5. The molecule has 222 valence electrons. The summed E-state index contributed by atoms with van der Waals surface area (Å²) in [6.45, 7) is 6.80. The van der Waals surface area contributed by atoms with Crippen molar-refractivity contribution in [3.8, 4) is 0 Å². The summed E-state index contributed by atoms with van der Waals surface area (Å²) in [4.78, 5) is 0.